The van der Waals surface area contributed by atoms with E-state index < -0.39 is 0 Å². The van der Waals surface area contributed by atoms with Gasteiger partial charge in [-0.15, -0.1) is 0 Å². The van der Waals surface area contributed by atoms with Crippen LogP contribution in [0.1, 0.15) is 18.5 Å². The second kappa shape index (κ2) is 9.94. The summed E-state index contributed by atoms with van der Waals surface area (Å²) < 4.78 is 5.36. The van der Waals surface area contributed by atoms with Crippen molar-refractivity contribution in [3.05, 3.63) is 18.1 Å². The van der Waals surface area contributed by atoms with Crippen molar-refractivity contribution in [3.63, 3.8) is 0 Å². The molecule has 0 spiro atoms. The maximum atomic E-state index is 12.0. The van der Waals surface area contributed by atoms with Crippen LogP contribution in [0, 0.1) is 0 Å². The molecule has 2 aliphatic rings. The minimum atomic E-state index is 0.0676. The summed E-state index contributed by atoms with van der Waals surface area (Å²) in [6.07, 6.45) is 4.20. The first-order valence-corrected chi connectivity index (χ1v) is 10.2. The number of anilines is 1. The van der Waals surface area contributed by atoms with Gasteiger partial charge >= 0.3 is 0 Å². The molecule has 1 aromatic heterocycles. The lowest BCUT2D eigenvalue weighted by molar-refractivity contribution is -0.118. The Bertz CT molecular complexity index is 548. The predicted octanol–water partition coefficient (Wildman–Crippen LogP) is 0.758. The van der Waals surface area contributed by atoms with E-state index in [1.54, 1.807) is 18.1 Å². The number of likely N-dealkylation sites (tertiary alicyclic amines) is 1. The summed E-state index contributed by atoms with van der Waals surface area (Å²) in [6.45, 7) is 7.11. The molecule has 1 aromatic rings. The molecule has 0 bridgehead atoms. The third kappa shape index (κ3) is 6.13. The molecule has 0 saturated carbocycles. The number of nitrogens with one attached hydrogen (secondary N) is 1. The monoisotopic (exact) mass is 365 g/mol. The van der Waals surface area contributed by atoms with E-state index in [9.17, 15) is 4.79 Å². The summed E-state index contributed by atoms with van der Waals surface area (Å²) in [4.78, 5) is 25.2. The van der Waals surface area contributed by atoms with Crippen molar-refractivity contribution in [1.82, 2.24) is 20.2 Å². The molecule has 1 amide bonds. The fraction of sp³-hybridized carbons (Fsp3) is 0.706. The molecule has 138 valence electrons. The van der Waals surface area contributed by atoms with Gasteiger partial charge in [-0.3, -0.25) is 4.79 Å². The third-order valence-electron chi connectivity index (χ3n) is 4.49. The lowest BCUT2D eigenvalue weighted by atomic mass is 10.3. The molecule has 2 aliphatic heterocycles. The lowest BCUT2D eigenvalue weighted by Gasteiger charge is -2.27. The van der Waals surface area contributed by atoms with Gasteiger partial charge in [-0.1, -0.05) is 0 Å². The van der Waals surface area contributed by atoms with Crippen LogP contribution < -0.4 is 10.2 Å². The van der Waals surface area contributed by atoms with E-state index in [-0.39, 0.29) is 5.91 Å². The first-order valence-electron chi connectivity index (χ1n) is 9.02. The van der Waals surface area contributed by atoms with Gasteiger partial charge in [-0.2, -0.15) is 11.8 Å². The Kier molecular flexibility index (Phi) is 7.32. The zero-order valence-corrected chi connectivity index (χ0v) is 15.5. The number of amides is 1. The average Bonchev–Trinajstić information content (AvgIpc) is 3.18. The minimum absolute atomic E-state index is 0.0676. The highest BCUT2D eigenvalue weighted by atomic mass is 32.2. The number of morpholine rings is 1. The van der Waals surface area contributed by atoms with Crippen molar-refractivity contribution in [2.45, 2.75) is 19.4 Å². The summed E-state index contributed by atoms with van der Waals surface area (Å²) in [5, 5.41) is 2.95. The van der Waals surface area contributed by atoms with E-state index >= 15 is 0 Å². The Morgan fingerprint density at radius 2 is 2.00 bits per heavy atom. The first kappa shape index (κ1) is 18.4. The van der Waals surface area contributed by atoms with Crippen LogP contribution in [0.25, 0.3) is 0 Å². The van der Waals surface area contributed by atoms with E-state index in [1.807, 2.05) is 6.07 Å². The van der Waals surface area contributed by atoms with Crippen LogP contribution >= 0.6 is 11.8 Å². The third-order valence-corrected chi connectivity index (χ3v) is 5.43. The lowest BCUT2D eigenvalue weighted by Crippen LogP contribution is -2.37. The molecule has 0 atom stereocenters. The summed E-state index contributed by atoms with van der Waals surface area (Å²) in [5.74, 6) is 2.50. The quantitative estimate of drug-likeness (QED) is 0.682. The van der Waals surface area contributed by atoms with Gasteiger partial charge in [0, 0.05) is 31.5 Å². The fourth-order valence-corrected chi connectivity index (χ4v) is 3.87. The van der Waals surface area contributed by atoms with Crippen molar-refractivity contribution >= 4 is 23.5 Å². The molecule has 8 heteroatoms. The Balaban J connectivity index is 1.35. The van der Waals surface area contributed by atoms with E-state index in [4.69, 9.17) is 4.74 Å². The summed E-state index contributed by atoms with van der Waals surface area (Å²) >= 11 is 1.70. The molecule has 0 unspecified atom stereocenters. The molecule has 1 N–H and O–H groups in total. The van der Waals surface area contributed by atoms with Crippen LogP contribution in [0.15, 0.2) is 12.4 Å². The number of nitrogens with zero attached hydrogens (tertiary/aromatic N) is 4. The van der Waals surface area contributed by atoms with Gasteiger partial charge in [0.15, 0.2) is 0 Å². The molecular weight excluding hydrogens is 338 g/mol. The minimum Gasteiger partial charge on any atom is -0.378 e. The number of aromatic nitrogens is 2. The summed E-state index contributed by atoms with van der Waals surface area (Å²) in [5.41, 5.74) is 0.840. The number of ether oxygens (including phenoxy) is 1. The fourth-order valence-electron chi connectivity index (χ4n) is 3.05. The molecule has 2 saturated heterocycles. The van der Waals surface area contributed by atoms with Crippen LogP contribution in [0.4, 0.5) is 5.82 Å². The van der Waals surface area contributed by atoms with Gasteiger partial charge in [-0.05, 0) is 25.9 Å². The van der Waals surface area contributed by atoms with E-state index in [1.165, 1.54) is 25.9 Å². The number of carbonyl (C=O) groups excluding carboxylic acids is 1. The molecule has 3 rings (SSSR count). The second-order valence-electron chi connectivity index (χ2n) is 6.35. The second-order valence-corrected chi connectivity index (χ2v) is 7.45. The van der Waals surface area contributed by atoms with Gasteiger partial charge < -0.3 is 19.9 Å². The number of hydrogen-bond donors (Lipinski definition) is 1. The number of carbonyl (C=O) groups is 1. The maximum absolute atomic E-state index is 12.0. The topological polar surface area (TPSA) is 70.6 Å². The number of rotatable bonds is 8. The molecular formula is C17H27N5O2S. The zero-order chi connectivity index (χ0) is 17.3. The molecule has 0 radical (unpaired) electrons. The van der Waals surface area contributed by atoms with E-state index in [0.717, 1.165) is 50.1 Å². The molecule has 3 heterocycles. The predicted molar refractivity (Wildman–Crippen MR) is 99.9 cm³/mol. The van der Waals surface area contributed by atoms with Gasteiger partial charge in [0.2, 0.25) is 5.91 Å². The molecule has 7 nitrogen and oxygen atoms in total. The maximum Gasteiger partial charge on any atom is 0.230 e. The standard InChI is InChI=1S/C17H27N5O2S/c23-17(13-25-10-7-21-3-1-2-4-21)18-12-15-11-16(20-14-19-15)22-5-8-24-9-6-22/h11,14H,1-10,12-13H2,(H,18,23). The highest BCUT2D eigenvalue weighted by molar-refractivity contribution is 7.99. The van der Waals surface area contributed by atoms with Crippen molar-refractivity contribution in [2.24, 2.45) is 0 Å². The van der Waals surface area contributed by atoms with Crippen LogP contribution in [0.5, 0.6) is 0 Å². The van der Waals surface area contributed by atoms with Gasteiger partial charge in [-0.25, -0.2) is 9.97 Å². The van der Waals surface area contributed by atoms with Crippen LogP contribution in [0.2, 0.25) is 0 Å². The first-order chi connectivity index (χ1) is 12.3. The Hall–Kier alpha value is -1.38. The largest absolute Gasteiger partial charge is 0.378 e. The van der Waals surface area contributed by atoms with Crippen LogP contribution in [-0.2, 0) is 16.1 Å². The van der Waals surface area contributed by atoms with Gasteiger partial charge in [0.25, 0.3) is 0 Å². The highest BCUT2D eigenvalue weighted by Crippen LogP contribution is 2.13. The average molecular weight is 366 g/mol. The Morgan fingerprint density at radius 3 is 2.80 bits per heavy atom. The molecule has 25 heavy (non-hydrogen) atoms. The van der Waals surface area contributed by atoms with E-state index in [2.05, 4.69) is 25.1 Å². The van der Waals surface area contributed by atoms with Crippen molar-refractivity contribution in [3.8, 4) is 0 Å². The van der Waals surface area contributed by atoms with Crippen molar-refractivity contribution < 1.29 is 9.53 Å². The summed E-state index contributed by atoms with van der Waals surface area (Å²) in [6, 6.07) is 1.95. The Labute approximate surface area is 153 Å². The van der Waals surface area contributed by atoms with Crippen LogP contribution in [0.3, 0.4) is 0 Å². The molecule has 0 aliphatic carbocycles. The van der Waals surface area contributed by atoms with Crippen molar-refractivity contribution in [1.29, 1.82) is 0 Å². The molecule has 2 fully saturated rings. The SMILES string of the molecule is O=C(CSCCN1CCCC1)NCc1cc(N2CCOCC2)ncn1. The summed E-state index contributed by atoms with van der Waals surface area (Å²) in [7, 11) is 0. The van der Waals surface area contributed by atoms with E-state index in [0.29, 0.717) is 12.3 Å². The van der Waals surface area contributed by atoms with Gasteiger partial charge in [0.05, 0.1) is 31.2 Å². The smallest absolute Gasteiger partial charge is 0.230 e. The molecule has 0 aromatic carbocycles. The highest BCUT2D eigenvalue weighted by Gasteiger charge is 2.13. The van der Waals surface area contributed by atoms with Gasteiger partial charge in [0.1, 0.15) is 12.1 Å². The van der Waals surface area contributed by atoms with Crippen LogP contribution in [-0.4, -0.2) is 78.2 Å². The number of thioether (sulfide) groups is 1. The zero-order valence-electron chi connectivity index (χ0n) is 14.7. The van der Waals surface area contributed by atoms with Crippen molar-refractivity contribution in [2.75, 3.05) is 62.3 Å². The Morgan fingerprint density at radius 1 is 1.20 bits per heavy atom. The number of hydrogen-bond acceptors (Lipinski definition) is 7. The normalized spacial score (nSPS) is 18.5.